The number of rotatable bonds is 6. The molecule has 1 aromatic rings. The van der Waals surface area contributed by atoms with Gasteiger partial charge >= 0.3 is 6.18 Å². The van der Waals surface area contributed by atoms with Crippen molar-refractivity contribution in [3.8, 4) is 0 Å². The second-order valence-electron chi connectivity index (χ2n) is 3.83. The van der Waals surface area contributed by atoms with Crippen molar-refractivity contribution >= 4 is 15.9 Å². The van der Waals surface area contributed by atoms with Gasteiger partial charge < -0.3 is 5.73 Å². The number of hydrogen-bond donors (Lipinski definition) is 3. The van der Waals surface area contributed by atoms with Gasteiger partial charge in [-0.15, -0.1) is 0 Å². The van der Waals surface area contributed by atoms with E-state index in [0.29, 0.717) is 12.1 Å². The fraction of sp³-hybridized carbons (Fsp3) is 0.400. The fourth-order valence-electron chi connectivity index (χ4n) is 1.24. The lowest BCUT2D eigenvalue weighted by Crippen LogP contribution is -2.42. The van der Waals surface area contributed by atoms with E-state index >= 15 is 0 Å². The minimum Gasteiger partial charge on any atom is -0.399 e. The van der Waals surface area contributed by atoms with Crippen molar-refractivity contribution in [2.24, 2.45) is 0 Å². The summed E-state index contributed by atoms with van der Waals surface area (Å²) in [5.74, 6) is 0. The van der Waals surface area contributed by atoms with Gasteiger partial charge in [0, 0.05) is 12.2 Å². The van der Waals surface area contributed by atoms with Gasteiger partial charge in [0.1, 0.15) is 6.54 Å². The van der Waals surface area contributed by atoms with Crippen LogP contribution in [0.15, 0.2) is 24.3 Å². The highest BCUT2D eigenvalue weighted by Gasteiger charge is 2.29. The van der Waals surface area contributed by atoms with E-state index in [1.807, 2.05) is 4.72 Å². The van der Waals surface area contributed by atoms with Crippen LogP contribution in [0.25, 0.3) is 0 Å². The highest BCUT2D eigenvalue weighted by Crippen LogP contribution is 2.12. The van der Waals surface area contributed by atoms with Gasteiger partial charge in [0.25, 0.3) is 10.2 Å². The molecule has 0 saturated heterocycles. The predicted octanol–water partition coefficient (Wildman–Crippen LogP) is 0.798. The Kier molecular flexibility index (Phi) is 5.15. The average Bonchev–Trinajstić information content (AvgIpc) is 2.29. The van der Waals surface area contributed by atoms with Crippen molar-refractivity contribution in [3.63, 3.8) is 0 Å². The molecule has 108 valence electrons. The summed E-state index contributed by atoms with van der Waals surface area (Å²) in [6.07, 6.45) is -4.22. The molecule has 0 spiro atoms. The van der Waals surface area contributed by atoms with Gasteiger partial charge in [0.2, 0.25) is 0 Å². The zero-order valence-corrected chi connectivity index (χ0v) is 10.7. The summed E-state index contributed by atoms with van der Waals surface area (Å²) in [5, 5.41) is 0. The Morgan fingerprint density at radius 2 is 1.68 bits per heavy atom. The highest BCUT2D eigenvalue weighted by atomic mass is 32.2. The molecule has 0 bridgehead atoms. The Labute approximate surface area is 109 Å². The van der Waals surface area contributed by atoms with Crippen molar-refractivity contribution in [1.29, 1.82) is 0 Å². The molecule has 1 rings (SSSR count). The summed E-state index contributed by atoms with van der Waals surface area (Å²) in [5.41, 5.74) is 6.88. The summed E-state index contributed by atoms with van der Waals surface area (Å²) in [6, 6.07) is 6.75. The van der Waals surface area contributed by atoms with Crippen LogP contribution in [0.3, 0.4) is 0 Å². The van der Waals surface area contributed by atoms with E-state index in [0.717, 1.165) is 5.56 Å². The first-order chi connectivity index (χ1) is 8.68. The number of nitrogens with two attached hydrogens (primary N) is 1. The number of hydrogen-bond acceptors (Lipinski definition) is 3. The lowest BCUT2D eigenvalue weighted by molar-refractivity contribution is -0.121. The number of alkyl halides is 3. The van der Waals surface area contributed by atoms with E-state index in [4.69, 9.17) is 5.73 Å². The molecular weight excluding hydrogens is 283 g/mol. The van der Waals surface area contributed by atoms with Crippen molar-refractivity contribution in [3.05, 3.63) is 29.8 Å². The molecule has 0 unspecified atom stereocenters. The summed E-state index contributed by atoms with van der Waals surface area (Å²) in [7, 11) is -4.14. The molecule has 1 aromatic carbocycles. The second-order valence-corrected chi connectivity index (χ2v) is 5.41. The van der Waals surface area contributed by atoms with Gasteiger partial charge in [-0.1, -0.05) is 12.1 Å². The van der Waals surface area contributed by atoms with Crippen LogP contribution in [0.5, 0.6) is 0 Å². The molecule has 0 aromatic heterocycles. The van der Waals surface area contributed by atoms with Gasteiger partial charge in [0.05, 0.1) is 0 Å². The van der Waals surface area contributed by atoms with Crippen molar-refractivity contribution < 1.29 is 21.6 Å². The SMILES string of the molecule is Nc1ccc(CCNS(=O)(=O)NCC(F)(F)F)cc1. The number of anilines is 1. The van der Waals surface area contributed by atoms with Crippen LogP contribution in [-0.2, 0) is 16.6 Å². The minimum atomic E-state index is -4.58. The second kappa shape index (κ2) is 6.22. The van der Waals surface area contributed by atoms with Crippen LogP contribution in [0.1, 0.15) is 5.56 Å². The first kappa shape index (κ1) is 15.7. The molecule has 9 heteroatoms. The van der Waals surface area contributed by atoms with Crippen LogP contribution >= 0.6 is 0 Å². The van der Waals surface area contributed by atoms with E-state index in [1.54, 1.807) is 24.3 Å². The van der Waals surface area contributed by atoms with Gasteiger partial charge in [-0.2, -0.15) is 26.3 Å². The Hall–Kier alpha value is -1.32. The predicted molar refractivity (Wildman–Crippen MR) is 65.5 cm³/mol. The van der Waals surface area contributed by atoms with Gasteiger partial charge in [0.15, 0.2) is 0 Å². The van der Waals surface area contributed by atoms with Crippen molar-refractivity contribution in [2.75, 3.05) is 18.8 Å². The maximum absolute atomic E-state index is 11.8. The lowest BCUT2D eigenvalue weighted by atomic mass is 10.1. The van der Waals surface area contributed by atoms with Crippen LogP contribution < -0.4 is 15.2 Å². The van der Waals surface area contributed by atoms with E-state index < -0.39 is 22.9 Å². The van der Waals surface area contributed by atoms with E-state index in [-0.39, 0.29) is 6.54 Å². The molecule has 0 aliphatic rings. The van der Waals surface area contributed by atoms with Crippen molar-refractivity contribution in [1.82, 2.24) is 9.44 Å². The molecule has 0 aliphatic heterocycles. The molecule has 0 aliphatic carbocycles. The summed E-state index contributed by atoms with van der Waals surface area (Å²) in [4.78, 5) is 0. The molecule has 0 fully saturated rings. The minimum absolute atomic E-state index is 0.00287. The third-order valence-corrected chi connectivity index (χ3v) is 3.26. The van der Waals surface area contributed by atoms with Crippen LogP contribution in [-0.4, -0.2) is 27.7 Å². The average molecular weight is 297 g/mol. The monoisotopic (exact) mass is 297 g/mol. The third-order valence-electron chi connectivity index (χ3n) is 2.15. The molecule has 0 saturated carbocycles. The first-order valence-corrected chi connectivity index (χ1v) is 6.82. The molecule has 0 atom stereocenters. The first-order valence-electron chi connectivity index (χ1n) is 5.33. The van der Waals surface area contributed by atoms with Gasteiger partial charge in [-0.05, 0) is 24.1 Å². The molecule has 0 radical (unpaired) electrons. The zero-order valence-electron chi connectivity index (χ0n) is 9.87. The molecule has 5 nitrogen and oxygen atoms in total. The molecule has 0 amide bonds. The quantitative estimate of drug-likeness (QED) is 0.679. The topological polar surface area (TPSA) is 84.2 Å². The Bertz CT molecular complexity index is 500. The number of halogens is 3. The molecular formula is C10H14F3N3O2S. The maximum Gasteiger partial charge on any atom is 0.402 e. The smallest absolute Gasteiger partial charge is 0.399 e. The lowest BCUT2D eigenvalue weighted by Gasteiger charge is -2.10. The Morgan fingerprint density at radius 3 is 2.21 bits per heavy atom. The Balaban J connectivity index is 2.37. The van der Waals surface area contributed by atoms with Crippen molar-refractivity contribution in [2.45, 2.75) is 12.6 Å². The summed E-state index contributed by atoms with van der Waals surface area (Å²) >= 11 is 0. The third kappa shape index (κ3) is 6.99. The summed E-state index contributed by atoms with van der Waals surface area (Å²) < 4.78 is 61.3. The normalized spacial score (nSPS) is 12.6. The summed E-state index contributed by atoms with van der Waals surface area (Å²) in [6.45, 7) is -1.60. The number of nitrogens with one attached hydrogen (secondary N) is 2. The number of benzene rings is 1. The largest absolute Gasteiger partial charge is 0.402 e. The van der Waals surface area contributed by atoms with Gasteiger partial charge in [-0.25, -0.2) is 4.72 Å². The van der Waals surface area contributed by atoms with Crippen LogP contribution in [0, 0.1) is 0 Å². The highest BCUT2D eigenvalue weighted by molar-refractivity contribution is 7.87. The zero-order chi connectivity index (χ0) is 14.5. The van der Waals surface area contributed by atoms with Gasteiger partial charge in [-0.3, -0.25) is 0 Å². The van der Waals surface area contributed by atoms with Crippen LogP contribution in [0.2, 0.25) is 0 Å². The molecule has 19 heavy (non-hydrogen) atoms. The van der Waals surface area contributed by atoms with E-state index in [2.05, 4.69) is 0 Å². The fourth-order valence-corrected chi connectivity index (χ4v) is 2.07. The number of nitrogen functional groups attached to an aromatic ring is 1. The standard InChI is InChI=1S/C10H14F3N3O2S/c11-10(12,13)7-16-19(17,18)15-6-5-8-1-3-9(14)4-2-8/h1-4,15-16H,5-7,14H2. The molecule has 0 heterocycles. The van der Waals surface area contributed by atoms with E-state index in [9.17, 15) is 21.6 Å². The Morgan fingerprint density at radius 1 is 1.11 bits per heavy atom. The molecule has 4 N–H and O–H groups in total. The van der Waals surface area contributed by atoms with Crippen LogP contribution in [0.4, 0.5) is 18.9 Å². The maximum atomic E-state index is 11.8. The van der Waals surface area contributed by atoms with E-state index in [1.165, 1.54) is 4.72 Å².